The van der Waals surface area contributed by atoms with Crippen LogP contribution in [0.1, 0.15) is 24.2 Å². The van der Waals surface area contributed by atoms with E-state index in [1.807, 2.05) is 61.5 Å². The van der Waals surface area contributed by atoms with Gasteiger partial charge in [0, 0.05) is 21.0 Å². The maximum atomic E-state index is 13.3. The first-order chi connectivity index (χ1) is 18.5. The van der Waals surface area contributed by atoms with Crippen molar-refractivity contribution in [2.75, 3.05) is 12.4 Å². The molecule has 3 aromatic carbocycles. The van der Waals surface area contributed by atoms with Crippen LogP contribution in [0.25, 0.3) is 5.70 Å². The second-order valence-corrected chi connectivity index (χ2v) is 10.7. The predicted octanol–water partition coefficient (Wildman–Crippen LogP) is 5.14. The number of benzene rings is 3. The third kappa shape index (κ3) is 5.45. The van der Waals surface area contributed by atoms with Gasteiger partial charge in [0.1, 0.15) is 12.3 Å². The number of carbonyl (C=O) groups excluding carboxylic acids is 1. The Bertz CT molecular complexity index is 1550. The molecule has 1 N–H and O–H groups in total. The molecule has 0 aromatic heterocycles. The molecule has 2 aliphatic heterocycles. The van der Waals surface area contributed by atoms with Crippen LogP contribution in [0.3, 0.4) is 0 Å². The van der Waals surface area contributed by atoms with Crippen LogP contribution >= 0.6 is 39.3 Å². The third-order valence-corrected chi connectivity index (χ3v) is 7.40. The zero-order chi connectivity index (χ0) is 26.6. The topological polar surface area (TPSA) is 75.5 Å². The van der Waals surface area contributed by atoms with E-state index in [0.717, 1.165) is 10.0 Å². The number of hydrogen-bond donors (Lipinski definition) is 1. The van der Waals surface area contributed by atoms with E-state index in [1.165, 1.54) is 11.8 Å². The minimum Gasteiger partial charge on any atom is -0.490 e. The zero-order valence-corrected chi connectivity index (χ0v) is 23.6. The van der Waals surface area contributed by atoms with Crippen molar-refractivity contribution in [1.29, 1.82) is 0 Å². The van der Waals surface area contributed by atoms with Gasteiger partial charge in [-0.1, -0.05) is 75.7 Å². The first kappa shape index (κ1) is 26.3. The van der Waals surface area contributed by atoms with Gasteiger partial charge in [-0.2, -0.15) is 0 Å². The number of hydrazone groups is 1. The molecule has 5 rings (SSSR count). The maximum Gasteiger partial charge on any atom is 0.276 e. The van der Waals surface area contributed by atoms with Gasteiger partial charge in [0.15, 0.2) is 22.8 Å². The number of carbonyl (C=O) groups is 1. The molecule has 0 unspecified atom stereocenters. The largest absolute Gasteiger partial charge is 0.490 e. The van der Waals surface area contributed by atoms with Gasteiger partial charge in [-0.25, -0.2) is 5.01 Å². The molecule has 0 aliphatic carbocycles. The van der Waals surface area contributed by atoms with Crippen molar-refractivity contribution in [3.8, 4) is 11.5 Å². The molecule has 0 fully saturated rings. The molecule has 2 aliphatic rings. The van der Waals surface area contributed by atoms with Crippen LogP contribution < -0.4 is 25.4 Å². The van der Waals surface area contributed by atoms with E-state index in [4.69, 9.17) is 31.2 Å². The lowest BCUT2D eigenvalue weighted by Gasteiger charge is -2.34. The fraction of sp³-hybridized carbons (Fsp3) is 0.179. The van der Waals surface area contributed by atoms with Crippen molar-refractivity contribution >= 4 is 56.1 Å². The molecule has 0 saturated carbocycles. The molecular weight excluding hydrogens is 588 g/mol. The summed E-state index contributed by atoms with van der Waals surface area (Å²) in [7, 11) is 0. The summed E-state index contributed by atoms with van der Waals surface area (Å²) in [5.74, 6) is 1.29. The lowest BCUT2D eigenvalue weighted by molar-refractivity contribution is -0.116. The van der Waals surface area contributed by atoms with Crippen LogP contribution in [0.4, 0.5) is 0 Å². The molecule has 1 atom stereocenters. The Hall–Kier alpha value is -3.27. The minimum absolute atomic E-state index is 0.259. The number of thioether (sulfide) groups is 1. The summed E-state index contributed by atoms with van der Waals surface area (Å²) < 4.78 is 12.9. The molecule has 7 nitrogen and oxygen atoms in total. The Morgan fingerprint density at radius 3 is 2.76 bits per heavy atom. The van der Waals surface area contributed by atoms with Crippen molar-refractivity contribution in [2.24, 2.45) is 10.1 Å². The number of fused-ring (bicyclic) bond motifs is 2. The molecule has 2 heterocycles. The number of hydrogen-bond acceptors (Lipinski definition) is 7. The smallest absolute Gasteiger partial charge is 0.276 e. The van der Waals surface area contributed by atoms with Crippen molar-refractivity contribution < 1.29 is 14.3 Å². The van der Waals surface area contributed by atoms with Gasteiger partial charge < -0.3 is 9.47 Å². The molecule has 194 valence electrons. The van der Waals surface area contributed by atoms with Crippen molar-refractivity contribution in [3.05, 3.63) is 105 Å². The molecule has 3 aromatic rings. The first-order valence-corrected chi connectivity index (χ1v) is 14.1. The lowest BCUT2D eigenvalue weighted by atomic mass is 10.1. The van der Waals surface area contributed by atoms with Crippen molar-refractivity contribution in [2.45, 2.75) is 19.7 Å². The van der Waals surface area contributed by atoms with Gasteiger partial charge >= 0.3 is 0 Å². The summed E-state index contributed by atoms with van der Waals surface area (Å²) in [6.07, 6.45) is 1.11. The van der Waals surface area contributed by atoms with E-state index in [9.17, 15) is 4.79 Å². The summed E-state index contributed by atoms with van der Waals surface area (Å²) in [6.45, 7) is 6.42. The third-order valence-electron chi connectivity index (χ3n) is 5.76. The van der Waals surface area contributed by atoms with E-state index in [-0.39, 0.29) is 5.91 Å². The zero-order valence-electron chi connectivity index (χ0n) is 20.5. The van der Waals surface area contributed by atoms with Gasteiger partial charge in [0.25, 0.3) is 5.91 Å². The summed E-state index contributed by atoms with van der Waals surface area (Å²) in [5.41, 5.74) is 2.13. The van der Waals surface area contributed by atoms with E-state index >= 15 is 0 Å². The highest BCUT2D eigenvalue weighted by Gasteiger charge is 2.35. The highest BCUT2D eigenvalue weighted by molar-refractivity contribution is 9.10. The Morgan fingerprint density at radius 2 is 2.00 bits per heavy atom. The second kappa shape index (κ2) is 11.6. The van der Waals surface area contributed by atoms with Gasteiger partial charge in [-0.3, -0.25) is 15.1 Å². The lowest BCUT2D eigenvalue weighted by Crippen LogP contribution is -2.50. The fourth-order valence-electron chi connectivity index (χ4n) is 4.14. The molecule has 0 bridgehead atoms. The minimum atomic E-state index is -0.649. The Kier molecular flexibility index (Phi) is 8.06. The molecule has 0 saturated heterocycles. The fourth-order valence-corrected chi connectivity index (χ4v) is 5.36. The number of nitrogens with zero attached hydrogens (tertiary/aromatic N) is 3. The molecule has 1 amide bonds. The van der Waals surface area contributed by atoms with E-state index in [2.05, 4.69) is 27.8 Å². The number of nitrogens with one attached hydrogen (secondary N) is 1. The first-order valence-electron chi connectivity index (χ1n) is 11.9. The Labute approximate surface area is 238 Å². The maximum absolute atomic E-state index is 13.3. The number of ether oxygens (including phenoxy) is 2. The highest BCUT2D eigenvalue weighted by Crippen LogP contribution is 2.41. The van der Waals surface area contributed by atoms with Crippen LogP contribution in [-0.2, 0) is 11.4 Å². The molecule has 0 spiro atoms. The van der Waals surface area contributed by atoms with Gasteiger partial charge in [0.05, 0.1) is 17.0 Å². The summed E-state index contributed by atoms with van der Waals surface area (Å²) >= 11 is 11.7. The van der Waals surface area contributed by atoms with Crippen molar-refractivity contribution in [1.82, 2.24) is 10.3 Å². The quantitative estimate of drug-likeness (QED) is 0.357. The van der Waals surface area contributed by atoms with Crippen molar-refractivity contribution in [3.63, 3.8) is 0 Å². The normalized spacial score (nSPS) is 16.0. The average molecular weight is 612 g/mol. The van der Waals surface area contributed by atoms with E-state index < -0.39 is 6.17 Å². The summed E-state index contributed by atoms with van der Waals surface area (Å²) in [6, 6.07) is 19.1. The van der Waals surface area contributed by atoms with Gasteiger partial charge in [-0.05, 0) is 42.8 Å². The van der Waals surface area contributed by atoms with Crippen LogP contribution in [-0.4, -0.2) is 28.4 Å². The number of halogens is 2. The average Bonchev–Trinajstić information content (AvgIpc) is 2.91. The molecule has 10 heteroatoms. The number of amides is 1. The Balaban J connectivity index is 1.60. The SMILES string of the molecule is C=CCSC1=NN2C(=c3cc(Br)ccc3=N[C@H]2c2cc(Cl)c(OCc3ccccc3)c(OCC)c2)C(=O)N1. The van der Waals surface area contributed by atoms with Crippen LogP contribution in [0, 0.1) is 0 Å². The van der Waals surface area contributed by atoms with Crippen LogP contribution in [0.15, 0.2) is 87.9 Å². The standard InChI is InChI=1S/C28H24BrClN4O3S/c1-3-12-38-28-32-27(35)24-20-15-19(29)10-11-22(20)31-26(34(24)33-28)18-13-21(30)25(23(14-18)36-4-2)37-16-17-8-6-5-7-9-17/h3,5-11,13-15,26H,1,4,12,16H2,2H3,(H,32,33,35)/t26-/m1/s1. The van der Waals surface area contributed by atoms with Crippen LogP contribution in [0.5, 0.6) is 11.5 Å². The predicted molar refractivity (Wildman–Crippen MR) is 155 cm³/mol. The second-order valence-electron chi connectivity index (χ2n) is 8.35. The summed E-state index contributed by atoms with van der Waals surface area (Å²) in [5, 5.41) is 11.5. The van der Waals surface area contributed by atoms with Gasteiger partial charge in [-0.15, -0.1) is 11.7 Å². The van der Waals surface area contributed by atoms with E-state index in [1.54, 1.807) is 17.2 Å². The molecule has 0 radical (unpaired) electrons. The Morgan fingerprint density at radius 1 is 1.18 bits per heavy atom. The molecule has 38 heavy (non-hydrogen) atoms. The van der Waals surface area contributed by atoms with Gasteiger partial charge in [0.2, 0.25) is 0 Å². The molecular formula is C28H24BrClN4O3S. The number of amidine groups is 1. The highest BCUT2D eigenvalue weighted by atomic mass is 79.9. The monoisotopic (exact) mass is 610 g/mol. The summed E-state index contributed by atoms with van der Waals surface area (Å²) in [4.78, 5) is 18.3. The number of rotatable bonds is 8. The van der Waals surface area contributed by atoms with E-state index in [0.29, 0.717) is 62.5 Å². The van der Waals surface area contributed by atoms with Crippen LogP contribution in [0.2, 0.25) is 5.02 Å².